The molecule has 0 radical (unpaired) electrons. The first-order valence-electron chi connectivity index (χ1n) is 3.95. The first-order chi connectivity index (χ1) is 5.45. The summed E-state index contributed by atoms with van der Waals surface area (Å²) >= 11 is 0. The van der Waals surface area contributed by atoms with Crippen molar-refractivity contribution in [1.29, 1.82) is 0 Å². The van der Waals surface area contributed by atoms with Crippen LogP contribution in [0, 0.1) is 0 Å². The van der Waals surface area contributed by atoms with Crippen molar-refractivity contribution in [2.45, 2.75) is 25.6 Å². The molecule has 0 aliphatic heterocycles. The molecule has 1 heterocycles. The fraction of sp³-hybridized carbons (Fsp3) is 0.444. The maximum absolute atomic E-state index is 5.50. The Morgan fingerprint density at radius 2 is 2.45 bits per heavy atom. The minimum Gasteiger partial charge on any atom is -0.373 e. The van der Waals surface area contributed by atoms with E-state index in [0.29, 0.717) is 6.10 Å². The molecule has 1 fully saturated rings. The van der Waals surface area contributed by atoms with Gasteiger partial charge in [-0.25, -0.2) is 0 Å². The molecule has 0 atom stereocenters. The van der Waals surface area contributed by atoms with E-state index in [1.165, 1.54) is 18.4 Å². The van der Waals surface area contributed by atoms with Crippen LogP contribution in [0.1, 0.15) is 18.4 Å². The van der Waals surface area contributed by atoms with Crippen molar-refractivity contribution < 1.29 is 4.74 Å². The van der Waals surface area contributed by atoms with E-state index in [2.05, 4.69) is 4.98 Å². The van der Waals surface area contributed by atoms with Gasteiger partial charge in [0.1, 0.15) is 0 Å². The highest BCUT2D eigenvalue weighted by molar-refractivity contribution is 5.06. The summed E-state index contributed by atoms with van der Waals surface area (Å²) in [4.78, 5) is 4.00. The molecular formula is C9H11NO. The van der Waals surface area contributed by atoms with Crippen LogP contribution in [0.2, 0.25) is 0 Å². The number of nitrogens with zero attached hydrogens (tertiary/aromatic N) is 1. The zero-order valence-corrected chi connectivity index (χ0v) is 6.36. The lowest BCUT2D eigenvalue weighted by Crippen LogP contribution is -1.94. The Morgan fingerprint density at radius 3 is 3.09 bits per heavy atom. The Kier molecular flexibility index (Phi) is 1.86. The molecule has 1 aromatic rings. The van der Waals surface area contributed by atoms with E-state index in [4.69, 9.17) is 4.74 Å². The second-order valence-electron chi connectivity index (χ2n) is 2.87. The maximum Gasteiger partial charge on any atom is 0.0735 e. The first-order valence-corrected chi connectivity index (χ1v) is 3.95. The van der Waals surface area contributed by atoms with Gasteiger partial charge in [-0.05, 0) is 24.5 Å². The van der Waals surface area contributed by atoms with Gasteiger partial charge in [0.05, 0.1) is 12.7 Å². The van der Waals surface area contributed by atoms with Crippen LogP contribution in [0.5, 0.6) is 0 Å². The smallest absolute Gasteiger partial charge is 0.0735 e. The van der Waals surface area contributed by atoms with Crippen molar-refractivity contribution in [2.24, 2.45) is 0 Å². The Morgan fingerprint density at radius 1 is 1.55 bits per heavy atom. The lowest BCUT2D eigenvalue weighted by molar-refractivity contribution is 0.106. The van der Waals surface area contributed by atoms with E-state index in [-0.39, 0.29) is 0 Å². The first kappa shape index (κ1) is 6.80. The normalized spacial score (nSPS) is 16.7. The molecule has 2 nitrogen and oxygen atoms in total. The van der Waals surface area contributed by atoms with Crippen LogP contribution in [-0.4, -0.2) is 11.1 Å². The molecule has 1 aromatic heterocycles. The Balaban J connectivity index is 1.85. The number of pyridine rings is 1. The topological polar surface area (TPSA) is 22.1 Å². The Bertz CT molecular complexity index is 218. The highest BCUT2D eigenvalue weighted by Gasteiger charge is 2.21. The fourth-order valence-corrected chi connectivity index (χ4v) is 0.932. The molecule has 0 unspecified atom stereocenters. The molecule has 0 spiro atoms. The van der Waals surface area contributed by atoms with Gasteiger partial charge in [0.2, 0.25) is 0 Å². The number of hydrogen-bond acceptors (Lipinski definition) is 2. The van der Waals surface area contributed by atoms with Gasteiger partial charge < -0.3 is 4.74 Å². The fourth-order valence-electron chi connectivity index (χ4n) is 0.932. The van der Waals surface area contributed by atoms with Crippen molar-refractivity contribution in [3.8, 4) is 0 Å². The quantitative estimate of drug-likeness (QED) is 0.653. The van der Waals surface area contributed by atoms with Crippen LogP contribution in [0.15, 0.2) is 24.5 Å². The van der Waals surface area contributed by atoms with Crippen LogP contribution < -0.4 is 0 Å². The van der Waals surface area contributed by atoms with Crippen molar-refractivity contribution >= 4 is 0 Å². The third-order valence-electron chi connectivity index (χ3n) is 1.73. The van der Waals surface area contributed by atoms with Crippen LogP contribution in [0.25, 0.3) is 0 Å². The molecule has 58 valence electrons. The van der Waals surface area contributed by atoms with Gasteiger partial charge in [-0.15, -0.1) is 0 Å². The molecule has 0 amide bonds. The van der Waals surface area contributed by atoms with E-state index >= 15 is 0 Å². The number of hydrogen-bond donors (Lipinski definition) is 0. The zero-order chi connectivity index (χ0) is 7.52. The number of rotatable bonds is 3. The summed E-state index contributed by atoms with van der Waals surface area (Å²) < 4.78 is 5.50. The van der Waals surface area contributed by atoms with Gasteiger partial charge in [-0.2, -0.15) is 0 Å². The third-order valence-corrected chi connectivity index (χ3v) is 1.73. The number of aromatic nitrogens is 1. The average Bonchev–Trinajstić information content (AvgIpc) is 2.86. The average molecular weight is 149 g/mol. The standard InChI is InChI=1S/C9H11NO/c1-2-8(6-10-5-1)7-11-9-3-4-9/h1-2,5-6,9H,3-4,7H2. The van der Waals surface area contributed by atoms with Crippen molar-refractivity contribution in [3.05, 3.63) is 30.1 Å². The summed E-state index contributed by atoms with van der Waals surface area (Å²) in [6.45, 7) is 0.721. The molecule has 0 bridgehead atoms. The van der Waals surface area contributed by atoms with Gasteiger partial charge in [0.15, 0.2) is 0 Å². The van der Waals surface area contributed by atoms with Gasteiger partial charge in [0, 0.05) is 12.4 Å². The van der Waals surface area contributed by atoms with Crippen LogP contribution in [0.3, 0.4) is 0 Å². The summed E-state index contributed by atoms with van der Waals surface area (Å²) in [6.07, 6.45) is 6.64. The molecule has 1 aliphatic carbocycles. The van der Waals surface area contributed by atoms with Crippen LogP contribution in [0.4, 0.5) is 0 Å². The van der Waals surface area contributed by atoms with Crippen molar-refractivity contribution in [1.82, 2.24) is 4.98 Å². The minimum atomic E-state index is 0.537. The second-order valence-corrected chi connectivity index (χ2v) is 2.87. The van der Waals surface area contributed by atoms with Crippen LogP contribution in [-0.2, 0) is 11.3 Å². The lowest BCUT2D eigenvalue weighted by atomic mass is 10.3. The predicted octanol–water partition coefficient (Wildman–Crippen LogP) is 1.76. The summed E-state index contributed by atoms with van der Waals surface area (Å²) in [7, 11) is 0. The molecule has 2 heteroatoms. The predicted molar refractivity (Wildman–Crippen MR) is 42.0 cm³/mol. The van der Waals surface area contributed by atoms with Crippen molar-refractivity contribution in [3.63, 3.8) is 0 Å². The molecule has 11 heavy (non-hydrogen) atoms. The minimum absolute atomic E-state index is 0.537. The summed E-state index contributed by atoms with van der Waals surface area (Å²) in [6, 6.07) is 3.97. The molecule has 0 saturated heterocycles. The second kappa shape index (κ2) is 3.01. The van der Waals surface area contributed by atoms with Gasteiger partial charge in [0.25, 0.3) is 0 Å². The van der Waals surface area contributed by atoms with Crippen LogP contribution >= 0.6 is 0 Å². The maximum atomic E-state index is 5.50. The monoisotopic (exact) mass is 149 g/mol. The molecule has 1 saturated carbocycles. The molecule has 2 rings (SSSR count). The Hall–Kier alpha value is -0.890. The third kappa shape index (κ3) is 2.02. The largest absolute Gasteiger partial charge is 0.373 e. The van der Waals surface area contributed by atoms with E-state index in [1.807, 2.05) is 18.3 Å². The van der Waals surface area contributed by atoms with E-state index in [9.17, 15) is 0 Å². The summed E-state index contributed by atoms with van der Waals surface area (Å²) in [5.74, 6) is 0. The van der Waals surface area contributed by atoms with E-state index in [1.54, 1.807) is 6.20 Å². The van der Waals surface area contributed by atoms with Gasteiger partial charge in [-0.3, -0.25) is 4.98 Å². The molecule has 0 N–H and O–H groups in total. The van der Waals surface area contributed by atoms with Crippen molar-refractivity contribution in [2.75, 3.05) is 0 Å². The highest BCUT2D eigenvalue weighted by Crippen LogP contribution is 2.24. The summed E-state index contributed by atoms with van der Waals surface area (Å²) in [5, 5.41) is 0. The van der Waals surface area contributed by atoms with E-state index < -0.39 is 0 Å². The zero-order valence-electron chi connectivity index (χ0n) is 6.36. The lowest BCUT2D eigenvalue weighted by Gasteiger charge is -1.99. The Labute approximate surface area is 66.2 Å². The number of ether oxygens (including phenoxy) is 1. The van der Waals surface area contributed by atoms with E-state index in [0.717, 1.165) is 6.61 Å². The molecule has 1 aliphatic rings. The molecular weight excluding hydrogens is 138 g/mol. The van der Waals surface area contributed by atoms with Gasteiger partial charge in [-0.1, -0.05) is 6.07 Å². The summed E-state index contributed by atoms with van der Waals surface area (Å²) in [5.41, 5.74) is 1.17. The highest BCUT2D eigenvalue weighted by atomic mass is 16.5. The SMILES string of the molecule is c1cncc(COC2CC2)c1. The van der Waals surface area contributed by atoms with Gasteiger partial charge >= 0.3 is 0 Å². The molecule has 0 aromatic carbocycles.